The summed E-state index contributed by atoms with van der Waals surface area (Å²) in [5.41, 5.74) is 8.65. The van der Waals surface area contributed by atoms with E-state index in [2.05, 4.69) is 94.3 Å². The third-order valence-electron chi connectivity index (χ3n) is 4.82. The van der Waals surface area contributed by atoms with E-state index in [1.807, 2.05) is 18.2 Å². The van der Waals surface area contributed by atoms with Crippen molar-refractivity contribution in [2.75, 3.05) is 0 Å². The van der Waals surface area contributed by atoms with Gasteiger partial charge in [-0.1, -0.05) is 91.0 Å². The van der Waals surface area contributed by atoms with Gasteiger partial charge in [0.25, 0.3) is 0 Å². The maximum absolute atomic E-state index is 4.48. The Balaban J connectivity index is 1.95. The van der Waals surface area contributed by atoms with Crippen molar-refractivity contribution in [2.24, 2.45) is 0 Å². The van der Waals surface area contributed by atoms with E-state index in [9.17, 15) is 0 Å². The highest BCUT2D eigenvalue weighted by molar-refractivity contribution is 6.07. The summed E-state index contributed by atoms with van der Waals surface area (Å²) in [7, 11) is 0. The topological polar surface area (TPSA) is 41.6 Å². The first-order valence-electron chi connectivity index (χ1n) is 8.95. The molecule has 0 atom stereocenters. The van der Waals surface area contributed by atoms with Crippen LogP contribution in [0.3, 0.4) is 0 Å². The predicted molar refractivity (Wildman–Crippen MR) is 110 cm³/mol. The van der Waals surface area contributed by atoms with Gasteiger partial charge in [0.15, 0.2) is 0 Å². The number of rotatable bonds is 3. The average Bonchev–Trinajstić information content (AvgIpc) is 3.23. The van der Waals surface area contributed by atoms with Gasteiger partial charge in [-0.3, -0.25) is 0 Å². The molecule has 0 fully saturated rings. The summed E-state index contributed by atoms with van der Waals surface area (Å²) in [6, 6.07) is 33.5. The largest absolute Gasteiger partial charge is 0.197 e. The van der Waals surface area contributed by atoms with Crippen molar-refractivity contribution in [1.29, 1.82) is 0 Å². The van der Waals surface area contributed by atoms with Gasteiger partial charge in [-0.05, 0) is 33.9 Å². The molecule has 3 heteroatoms. The van der Waals surface area contributed by atoms with Crippen molar-refractivity contribution in [3.63, 3.8) is 0 Å². The molecule has 0 radical (unpaired) electrons. The van der Waals surface area contributed by atoms with Crippen LogP contribution in [0.25, 0.3) is 44.4 Å². The number of benzene rings is 4. The number of nitrogens with one attached hydrogen (secondary N) is 1. The molecular formula is C24H17N3. The normalized spacial score (nSPS) is 11.0. The average molecular weight is 347 g/mol. The molecule has 3 nitrogen and oxygen atoms in total. The summed E-state index contributed by atoms with van der Waals surface area (Å²) in [5, 5.41) is 11.7. The van der Waals surface area contributed by atoms with Gasteiger partial charge in [-0.2, -0.15) is 15.4 Å². The number of aromatic amines is 1. The summed E-state index contributed by atoms with van der Waals surface area (Å²) in [6.45, 7) is 0. The van der Waals surface area contributed by atoms with E-state index >= 15 is 0 Å². The molecule has 1 N–H and O–H groups in total. The minimum Gasteiger partial charge on any atom is -0.197 e. The highest BCUT2D eigenvalue weighted by atomic mass is 15.3. The minimum atomic E-state index is 0.868. The summed E-state index contributed by atoms with van der Waals surface area (Å²) in [5.74, 6) is 0. The van der Waals surface area contributed by atoms with Crippen LogP contribution in [0.5, 0.6) is 0 Å². The van der Waals surface area contributed by atoms with Crippen LogP contribution in [0.2, 0.25) is 0 Å². The molecule has 0 amide bonds. The van der Waals surface area contributed by atoms with E-state index in [0.717, 1.165) is 27.7 Å². The van der Waals surface area contributed by atoms with Crippen LogP contribution in [-0.2, 0) is 0 Å². The summed E-state index contributed by atoms with van der Waals surface area (Å²) in [4.78, 5) is 0. The molecule has 0 aliphatic heterocycles. The second-order valence-corrected chi connectivity index (χ2v) is 6.46. The van der Waals surface area contributed by atoms with Crippen molar-refractivity contribution in [1.82, 2.24) is 15.4 Å². The second-order valence-electron chi connectivity index (χ2n) is 6.46. The van der Waals surface area contributed by atoms with Crippen molar-refractivity contribution in [2.45, 2.75) is 0 Å². The molecule has 4 aromatic carbocycles. The molecule has 0 unspecified atom stereocenters. The Morgan fingerprint density at radius 2 is 1.04 bits per heavy atom. The van der Waals surface area contributed by atoms with Crippen LogP contribution in [-0.4, -0.2) is 15.4 Å². The fraction of sp³-hybridized carbons (Fsp3) is 0. The van der Waals surface area contributed by atoms with Crippen molar-refractivity contribution < 1.29 is 0 Å². The van der Waals surface area contributed by atoms with Crippen LogP contribution < -0.4 is 0 Å². The summed E-state index contributed by atoms with van der Waals surface area (Å²) in [6.07, 6.45) is 0. The minimum absolute atomic E-state index is 0.868. The smallest absolute Gasteiger partial charge is 0.121 e. The third-order valence-corrected chi connectivity index (χ3v) is 4.82. The Labute approximate surface area is 157 Å². The Hall–Kier alpha value is -3.72. The lowest BCUT2D eigenvalue weighted by molar-refractivity contribution is 0.959. The number of H-pyrrole nitrogens is 1. The molecule has 128 valence electrons. The van der Waals surface area contributed by atoms with Gasteiger partial charge >= 0.3 is 0 Å². The van der Waals surface area contributed by atoms with Crippen LogP contribution in [0.1, 0.15) is 0 Å². The number of fused-ring (bicyclic) bond motifs is 1. The molecule has 5 rings (SSSR count). The van der Waals surface area contributed by atoms with Crippen LogP contribution >= 0.6 is 0 Å². The van der Waals surface area contributed by atoms with Gasteiger partial charge in [0, 0.05) is 5.56 Å². The van der Waals surface area contributed by atoms with Gasteiger partial charge in [0.2, 0.25) is 0 Å². The third kappa shape index (κ3) is 2.70. The zero-order chi connectivity index (χ0) is 18.1. The van der Waals surface area contributed by atoms with E-state index in [-0.39, 0.29) is 0 Å². The zero-order valence-corrected chi connectivity index (χ0v) is 14.6. The van der Waals surface area contributed by atoms with E-state index in [4.69, 9.17) is 0 Å². The fourth-order valence-corrected chi connectivity index (χ4v) is 3.62. The van der Waals surface area contributed by atoms with E-state index in [1.165, 1.54) is 16.7 Å². The van der Waals surface area contributed by atoms with Crippen molar-refractivity contribution in [3.05, 3.63) is 97.1 Å². The second kappa shape index (κ2) is 6.54. The first-order chi connectivity index (χ1) is 13.4. The van der Waals surface area contributed by atoms with Gasteiger partial charge in [0.05, 0.1) is 0 Å². The lowest BCUT2D eigenvalue weighted by atomic mass is 9.86. The molecule has 27 heavy (non-hydrogen) atoms. The molecular weight excluding hydrogens is 330 g/mol. The van der Waals surface area contributed by atoms with Crippen LogP contribution in [0, 0.1) is 0 Å². The van der Waals surface area contributed by atoms with E-state index in [0.29, 0.717) is 0 Å². The Morgan fingerprint density at radius 1 is 0.519 bits per heavy atom. The lowest BCUT2D eigenvalue weighted by Gasteiger charge is -2.16. The predicted octanol–water partition coefficient (Wildman–Crippen LogP) is 5.96. The Kier molecular flexibility index (Phi) is 3.76. The van der Waals surface area contributed by atoms with E-state index in [1.54, 1.807) is 0 Å². The lowest BCUT2D eigenvalue weighted by Crippen LogP contribution is -1.92. The molecule has 0 aliphatic rings. The number of hydrogen-bond acceptors (Lipinski definition) is 2. The molecule has 0 saturated heterocycles. The quantitative estimate of drug-likeness (QED) is 0.437. The molecule has 0 spiro atoms. The maximum atomic E-state index is 4.48. The fourth-order valence-electron chi connectivity index (χ4n) is 3.62. The number of aromatic nitrogens is 3. The molecule has 0 saturated carbocycles. The first kappa shape index (κ1) is 15.5. The highest BCUT2D eigenvalue weighted by Crippen LogP contribution is 2.43. The van der Waals surface area contributed by atoms with Crippen LogP contribution in [0.4, 0.5) is 0 Å². The number of nitrogens with zero attached hydrogens (tertiary/aromatic N) is 2. The van der Waals surface area contributed by atoms with Crippen molar-refractivity contribution >= 4 is 11.0 Å². The first-order valence-corrected chi connectivity index (χ1v) is 8.95. The van der Waals surface area contributed by atoms with Gasteiger partial charge in [-0.15, -0.1) is 0 Å². The maximum Gasteiger partial charge on any atom is 0.121 e. The summed E-state index contributed by atoms with van der Waals surface area (Å²) >= 11 is 0. The molecule has 1 heterocycles. The van der Waals surface area contributed by atoms with E-state index < -0.39 is 0 Å². The Bertz CT molecular complexity index is 1190. The monoisotopic (exact) mass is 347 g/mol. The standard InChI is InChI=1S/C24H17N3/c1-4-10-17(11-5-1)20-16-21-24(26-27-25-21)23(19-14-8-3-9-15-19)22(20)18-12-6-2-7-13-18/h1-16H,(H,25,26,27). The van der Waals surface area contributed by atoms with Crippen molar-refractivity contribution in [3.8, 4) is 33.4 Å². The van der Waals surface area contributed by atoms with Crippen LogP contribution in [0.15, 0.2) is 97.1 Å². The van der Waals surface area contributed by atoms with Gasteiger partial charge in [0.1, 0.15) is 11.0 Å². The molecule has 0 aliphatic carbocycles. The Morgan fingerprint density at radius 3 is 1.63 bits per heavy atom. The molecule has 5 aromatic rings. The zero-order valence-electron chi connectivity index (χ0n) is 14.6. The highest BCUT2D eigenvalue weighted by Gasteiger charge is 2.19. The summed E-state index contributed by atoms with van der Waals surface area (Å²) < 4.78 is 0. The van der Waals surface area contributed by atoms with Gasteiger partial charge < -0.3 is 0 Å². The molecule has 1 aromatic heterocycles. The SMILES string of the molecule is c1ccc(-c2cc3n[nH]nc3c(-c3ccccc3)c2-c2ccccc2)cc1. The molecule has 0 bridgehead atoms. The number of hydrogen-bond donors (Lipinski definition) is 1. The van der Waals surface area contributed by atoms with Gasteiger partial charge in [-0.25, -0.2) is 0 Å².